The van der Waals surface area contributed by atoms with E-state index in [1.165, 1.54) is 0 Å². The van der Waals surface area contributed by atoms with Crippen LogP contribution in [0.3, 0.4) is 0 Å². The zero-order valence-electron chi connectivity index (χ0n) is 8.56. The maximum Gasteiger partial charge on any atom is 0.0558 e. The van der Waals surface area contributed by atoms with Crippen LogP contribution in [-0.4, -0.2) is 34.7 Å². The van der Waals surface area contributed by atoms with Crippen molar-refractivity contribution in [2.75, 3.05) is 19.7 Å². The fourth-order valence-corrected chi connectivity index (χ4v) is 1.52. The highest BCUT2D eigenvalue weighted by Crippen LogP contribution is 2.08. The molecule has 0 amide bonds. The van der Waals surface area contributed by atoms with Crippen LogP contribution in [0.2, 0.25) is 0 Å². The van der Waals surface area contributed by atoms with Crippen LogP contribution < -0.4 is 0 Å². The van der Waals surface area contributed by atoms with Crippen molar-refractivity contribution in [2.24, 2.45) is 0 Å². The van der Waals surface area contributed by atoms with E-state index in [0.29, 0.717) is 6.54 Å². The lowest BCUT2D eigenvalue weighted by Gasteiger charge is -2.18. The van der Waals surface area contributed by atoms with E-state index in [-0.39, 0.29) is 6.61 Å². The zero-order chi connectivity index (χ0) is 11.1. The van der Waals surface area contributed by atoms with Crippen LogP contribution in [0, 0.1) is 0 Å². The van der Waals surface area contributed by atoms with E-state index in [0.717, 1.165) is 23.3 Å². The molecule has 0 unspecified atom stereocenters. The van der Waals surface area contributed by atoms with Gasteiger partial charge in [-0.1, -0.05) is 6.08 Å². The van der Waals surface area contributed by atoms with Crippen molar-refractivity contribution >= 4 is 15.9 Å². The molecule has 15 heavy (non-hydrogen) atoms. The highest BCUT2D eigenvalue weighted by atomic mass is 79.9. The van der Waals surface area contributed by atoms with Gasteiger partial charge in [0.15, 0.2) is 0 Å². The summed E-state index contributed by atoms with van der Waals surface area (Å²) in [7, 11) is 0. The van der Waals surface area contributed by atoms with Gasteiger partial charge in [-0.15, -0.1) is 6.58 Å². The van der Waals surface area contributed by atoms with Crippen molar-refractivity contribution in [3.8, 4) is 0 Å². The Morgan fingerprint density at radius 3 is 2.87 bits per heavy atom. The quantitative estimate of drug-likeness (QED) is 0.802. The molecule has 0 saturated heterocycles. The minimum absolute atomic E-state index is 0.157. The van der Waals surface area contributed by atoms with Crippen LogP contribution in [0.1, 0.15) is 5.69 Å². The second-order valence-corrected chi connectivity index (χ2v) is 4.13. The van der Waals surface area contributed by atoms with Crippen LogP contribution >= 0.6 is 15.9 Å². The fraction of sp³-hybridized carbons (Fsp3) is 0.364. The molecule has 1 N–H and O–H groups in total. The van der Waals surface area contributed by atoms with Crippen molar-refractivity contribution in [1.29, 1.82) is 0 Å². The molecule has 1 rings (SSSR count). The molecule has 1 heterocycles. The van der Waals surface area contributed by atoms with Gasteiger partial charge in [-0.05, 0) is 28.1 Å². The number of pyridine rings is 1. The van der Waals surface area contributed by atoms with Crippen molar-refractivity contribution in [3.63, 3.8) is 0 Å². The molecule has 0 atom stereocenters. The lowest BCUT2D eigenvalue weighted by atomic mass is 10.3. The van der Waals surface area contributed by atoms with Crippen LogP contribution in [0.25, 0.3) is 0 Å². The largest absolute Gasteiger partial charge is 0.395 e. The predicted molar refractivity (Wildman–Crippen MR) is 64.5 cm³/mol. The number of hydrogen-bond acceptors (Lipinski definition) is 3. The van der Waals surface area contributed by atoms with Gasteiger partial charge in [0.25, 0.3) is 0 Å². The number of aliphatic hydroxyl groups is 1. The van der Waals surface area contributed by atoms with E-state index < -0.39 is 0 Å². The summed E-state index contributed by atoms with van der Waals surface area (Å²) in [5.74, 6) is 0. The van der Waals surface area contributed by atoms with Gasteiger partial charge in [-0.2, -0.15) is 0 Å². The van der Waals surface area contributed by atoms with Crippen molar-refractivity contribution < 1.29 is 5.11 Å². The van der Waals surface area contributed by atoms with Crippen LogP contribution in [0.15, 0.2) is 35.5 Å². The lowest BCUT2D eigenvalue weighted by Crippen LogP contribution is -2.26. The second kappa shape index (κ2) is 6.71. The topological polar surface area (TPSA) is 36.4 Å². The first-order valence-electron chi connectivity index (χ1n) is 4.81. The second-order valence-electron chi connectivity index (χ2n) is 3.22. The minimum atomic E-state index is 0.157. The maximum atomic E-state index is 8.88. The Hall–Kier alpha value is -0.710. The summed E-state index contributed by atoms with van der Waals surface area (Å²) in [6, 6.07) is 3.94. The molecule has 0 aliphatic rings. The predicted octanol–water partition coefficient (Wildman–Crippen LogP) is 1.82. The summed E-state index contributed by atoms with van der Waals surface area (Å²) >= 11 is 3.34. The molecule has 0 radical (unpaired) electrons. The smallest absolute Gasteiger partial charge is 0.0558 e. The van der Waals surface area contributed by atoms with E-state index in [9.17, 15) is 0 Å². The molecule has 3 nitrogen and oxygen atoms in total. The Morgan fingerprint density at radius 2 is 2.33 bits per heavy atom. The first-order valence-corrected chi connectivity index (χ1v) is 5.60. The summed E-state index contributed by atoms with van der Waals surface area (Å²) in [6.45, 7) is 5.99. The number of rotatable bonds is 6. The van der Waals surface area contributed by atoms with E-state index >= 15 is 0 Å². The van der Waals surface area contributed by atoms with Crippen molar-refractivity contribution in [1.82, 2.24) is 9.88 Å². The summed E-state index contributed by atoms with van der Waals surface area (Å²) < 4.78 is 0.976. The van der Waals surface area contributed by atoms with E-state index in [1.54, 1.807) is 6.20 Å². The molecule has 4 heteroatoms. The van der Waals surface area contributed by atoms with Gasteiger partial charge >= 0.3 is 0 Å². The molecule has 0 saturated carbocycles. The molecule has 0 aromatic carbocycles. The highest BCUT2D eigenvalue weighted by Gasteiger charge is 2.04. The third-order valence-corrected chi connectivity index (χ3v) is 2.45. The van der Waals surface area contributed by atoms with Gasteiger partial charge in [0.2, 0.25) is 0 Å². The van der Waals surface area contributed by atoms with Gasteiger partial charge in [0, 0.05) is 30.3 Å². The van der Waals surface area contributed by atoms with Gasteiger partial charge in [0.05, 0.1) is 12.3 Å². The summed E-state index contributed by atoms with van der Waals surface area (Å²) in [5.41, 5.74) is 0.994. The van der Waals surface area contributed by atoms with Crippen LogP contribution in [0.5, 0.6) is 0 Å². The Bertz CT molecular complexity index is 300. The molecule has 0 spiro atoms. The maximum absolute atomic E-state index is 8.88. The lowest BCUT2D eigenvalue weighted by molar-refractivity contribution is 0.202. The first-order chi connectivity index (χ1) is 7.26. The summed E-state index contributed by atoms with van der Waals surface area (Å²) in [4.78, 5) is 6.36. The Labute approximate surface area is 98.6 Å². The molecule has 0 aliphatic carbocycles. The van der Waals surface area contributed by atoms with Crippen LogP contribution in [0.4, 0.5) is 0 Å². The molecular weight excluding hydrogens is 256 g/mol. The van der Waals surface area contributed by atoms with E-state index in [2.05, 4.69) is 32.4 Å². The molecule has 82 valence electrons. The highest BCUT2D eigenvalue weighted by molar-refractivity contribution is 9.10. The number of halogens is 1. The fourth-order valence-electron chi connectivity index (χ4n) is 1.29. The van der Waals surface area contributed by atoms with E-state index in [1.807, 2.05) is 18.2 Å². The van der Waals surface area contributed by atoms with Gasteiger partial charge < -0.3 is 5.11 Å². The monoisotopic (exact) mass is 270 g/mol. The number of aromatic nitrogens is 1. The molecule has 0 aliphatic heterocycles. The normalized spacial score (nSPS) is 10.6. The Morgan fingerprint density at radius 1 is 1.53 bits per heavy atom. The van der Waals surface area contributed by atoms with Gasteiger partial charge in [-0.25, -0.2) is 0 Å². The average Bonchev–Trinajstić information content (AvgIpc) is 2.22. The van der Waals surface area contributed by atoms with Gasteiger partial charge in [-0.3, -0.25) is 9.88 Å². The molecular formula is C11H15BrN2O. The third-order valence-electron chi connectivity index (χ3n) is 1.98. The van der Waals surface area contributed by atoms with Crippen LogP contribution in [-0.2, 0) is 6.54 Å². The number of hydrogen-bond donors (Lipinski definition) is 1. The molecule has 1 aromatic rings. The van der Waals surface area contributed by atoms with Crippen molar-refractivity contribution in [3.05, 3.63) is 41.2 Å². The molecule has 0 fully saturated rings. The van der Waals surface area contributed by atoms with Crippen molar-refractivity contribution in [2.45, 2.75) is 6.54 Å². The first kappa shape index (κ1) is 12.4. The Kier molecular flexibility index (Phi) is 5.53. The number of nitrogens with zero attached hydrogens (tertiary/aromatic N) is 2. The summed E-state index contributed by atoms with van der Waals surface area (Å²) in [6.07, 6.45) is 3.61. The molecule has 1 aromatic heterocycles. The van der Waals surface area contributed by atoms with Gasteiger partial charge in [0.1, 0.15) is 0 Å². The minimum Gasteiger partial charge on any atom is -0.395 e. The molecule has 0 bridgehead atoms. The zero-order valence-corrected chi connectivity index (χ0v) is 10.2. The van der Waals surface area contributed by atoms with E-state index in [4.69, 9.17) is 5.11 Å². The number of aliphatic hydroxyl groups excluding tert-OH is 1. The standard InChI is InChI=1S/C11H15BrN2O/c1-2-5-14(6-7-15)9-11-4-3-10(12)8-13-11/h2-4,8,15H,1,5-7,9H2. The Balaban J connectivity index is 2.56. The summed E-state index contributed by atoms with van der Waals surface area (Å²) in [5, 5.41) is 8.88. The third kappa shape index (κ3) is 4.55. The SMILES string of the molecule is C=CCN(CCO)Cc1ccc(Br)cn1. The average molecular weight is 271 g/mol.